The molecule has 0 saturated carbocycles. The highest BCUT2D eigenvalue weighted by Gasteiger charge is 2.35. The van der Waals surface area contributed by atoms with Crippen LogP contribution in [0.25, 0.3) is 0 Å². The predicted octanol–water partition coefficient (Wildman–Crippen LogP) is -0.235. The largest absolute Gasteiger partial charge is 0.480 e. The number of hydrogen-bond acceptors (Lipinski definition) is 5. The third-order valence-electron chi connectivity index (χ3n) is 2.76. The van der Waals surface area contributed by atoms with Gasteiger partial charge in [0.2, 0.25) is 0 Å². The molecule has 9 nitrogen and oxygen atoms in total. The summed E-state index contributed by atoms with van der Waals surface area (Å²) in [6, 6.07) is -0.997. The molecule has 0 aliphatic heterocycles. The zero-order valence-electron chi connectivity index (χ0n) is 10.6. The second kappa shape index (κ2) is 4.98. The van der Waals surface area contributed by atoms with E-state index < -0.39 is 23.6 Å². The first kappa shape index (κ1) is 13.9. The number of nitrogens with zero attached hydrogens (tertiary/aromatic N) is 4. The Kier molecular flexibility index (Phi) is 3.84. The molecule has 1 atom stereocenters. The van der Waals surface area contributed by atoms with Crippen molar-refractivity contribution in [3.8, 4) is 0 Å². The Morgan fingerprint density at radius 1 is 1.50 bits per heavy atom. The monoisotopic (exact) mass is 256 g/mol. The average Bonchev–Trinajstić information content (AvgIpc) is 2.80. The number of urea groups is 1. The van der Waals surface area contributed by atoms with Gasteiger partial charge in [-0.05, 0) is 20.8 Å². The molecule has 18 heavy (non-hydrogen) atoms. The van der Waals surface area contributed by atoms with Crippen molar-refractivity contribution in [1.82, 2.24) is 30.8 Å². The van der Waals surface area contributed by atoms with Crippen molar-refractivity contribution in [3.63, 3.8) is 0 Å². The maximum Gasteiger partial charge on any atom is 0.329 e. The molecule has 1 rings (SSSR count). The zero-order chi connectivity index (χ0) is 13.9. The van der Waals surface area contributed by atoms with Crippen LogP contribution in [0.3, 0.4) is 0 Å². The Balaban J connectivity index is 2.69. The van der Waals surface area contributed by atoms with Gasteiger partial charge in [0.1, 0.15) is 5.54 Å². The van der Waals surface area contributed by atoms with Gasteiger partial charge in [0.05, 0.1) is 6.04 Å². The number of rotatable bonds is 4. The minimum atomic E-state index is -1.30. The van der Waals surface area contributed by atoms with E-state index in [0.29, 0.717) is 5.82 Å². The third kappa shape index (κ3) is 2.73. The van der Waals surface area contributed by atoms with Crippen molar-refractivity contribution < 1.29 is 14.7 Å². The number of aliphatic carboxylic acids is 1. The Morgan fingerprint density at radius 3 is 2.56 bits per heavy atom. The van der Waals surface area contributed by atoms with Crippen molar-refractivity contribution in [1.29, 1.82) is 0 Å². The number of likely N-dealkylation sites (N-methyl/N-ethyl adjacent to an activating group) is 1. The topological polar surface area (TPSA) is 124 Å². The highest BCUT2D eigenvalue weighted by atomic mass is 16.4. The quantitative estimate of drug-likeness (QED) is 0.683. The molecule has 0 bridgehead atoms. The molecule has 0 aliphatic rings. The van der Waals surface area contributed by atoms with E-state index in [1.165, 1.54) is 20.9 Å². The summed E-state index contributed by atoms with van der Waals surface area (Å²) in [5.41, 5.74) is -1.30. The molecule has 3 N–H and O–H groups in total. The molecule has 0 fully saturated rings. The van der Waals surface area contributed by atoms with Crippen LogP contribution >= 0.6 is 0 Å². The molecular formula is C9H16N6O3. The highest BCUT2D eigenvalue weighted by molar-refractivity contribution is 5.85. The molecule has 1 aromatic heterocycles. The van der Waals surface area contributed by atoms with Gasteiger partial charge >= 0.3 is 12.0 Å². The number of tetrazole rings is 1. The lowest BCUT2D eigenvalue weighted by atomic mass is 10.0. The zero-order valence-corrected chi connectivity index (χ0v) is 10.6. The summed E-state index contributed by atoms with van der Waals surface area (Å²) < 4.78 is 0. The van der Waals surface area contributed by atoms with E-state index in [0.717, 1.165) is 4.90 Å². The second-order valence-corrected chi connectivity index (χ2v) is 4.36. The standard InChI is InChI=1S/C9H16N6O3/c1-5(6-11-13-14-12-6)10-8(18)15(4)9(2,3)7(16)17/h5H,1-4H3,(H,10,18)(H,16,17)(H,11,12,13,14). The maximum atomic E-state index is 11.9. The van der Waals surface area contributed by atoms with E-state index >= 15 is 0 Å². The molecule has 0 aliphatic carbocycles. The van der Waals surface area contributed by atoms with Crippen LogP contribution in [0.15, 0.2) is 0 Å². The van der Waals surface area contributed by atoms with E-state index in [2.05, 4.69) is 25.9 Å². The van der Waals surface area contributed by atoms with Crippen molar-refractivity contribution in [2.24, 2.45) is 0 Å². The molecule has 1 heterocycles. The van der Waals surface area contributed by atoms with Gasteiger partial charge < -0.3 is 15.3 Å². The summed E-state index contributed by atoms with van der Waals surface area (Å²) in [5.74, 6) is -0.766. The molecule has 9 heteroatoms. The number of carbonyl (C=O) groups is 2. The normalized spacial score (nSPS) is 12.9. The molecule has 100 valence electrons. The van der Waals surface area contributed by atoms with Gasteiger partial charge in [-0.3, -0.25) is 0 Å². The fraction of sp³-hybridized carbons (Fsp3) is 0.667. The first-order valence-corrected chi connectivity index (χ1v) is 5.28. The van der Waals surface area contributed by atoms with Gasteiger partial charge in [-0.2, -0.15) is 5.21 Å². The Hall–Kier alpha value is -2.19. The Labute approximate surface area is 104 Å². The summed E-state index contributed by atoms with van der Waals surface area (Å²) in [6.07, 6.45) is 0. The number of carboxylic acid groups (broad SMARTS) is 1. The van der Waals surface area contributed by atoms with Gasteiger partial charge in [0.25, 0.3) is 0 Å². The number of carbonyl (C=O) groups excluding carboxylic acids is 1. The maximum absolute atomic E-state index is 11.9. The summed E-state index contributed by atoms with van der Waals surface area (Å²) in [4.78, 5) is 24.0. The number of aromatic nitrogens is 4. The predicted molar refractivity (Wildman–Crippen MR) is 60.6 cm³/mol. The number of aromatic amines is 1. The molecule has 0 spiro atoms. The van der Waals surface area contributed by atoms with Gasteiger partial charge in [-0.1, -0.05) is 5.21 Å². The van der Waals surface area contributed by atoms with Crippen molar-refractivity contribution in [3.05, 3.63) is 5.82 Å². The molecule has 2 amide bonds. The smallest absolute Gasteiger partial charge is 0.329 e. The number of amides is 2. The molecule has 0 saturated heterocycles. The summed E-state index contributed by atoms with van der Waals surface area (Å²) in [6.45, 7) is 4.55. The van der Waals surface area contributed by atoms with Crippen LogP contribution in [0.5, 0.6) is 0 Å². The summed E-state index contributed by atoms with van der Waals surface area (Å²) in [5, 5.41) is 24.7. The number of nitrogens with one attached hydrogen (secondary N) is 2. The van der Waals surface area contributed by atoms with Gasteiger partial charge in [-0.15, -0.1) is 10.2 Å². The molecule has 0 aromatic carbocycles. The SMILES string of the molecule is CC(NC(=O)N(C)C(C)(C)C(=O)O)c1nn[nH]n1. The van der Waals surface area contributed by atoms with E-state index in [4.69, 9.17) is 5.11 Å². The van der Waals surface area contributed by atoms with E-state index in [1.807, 2.05) is 0 Å². The van der Waals surface area contributed by atoms with Crippen LogP contribution in [0.1, 0.15) is 32.6 Å². The van der Waals surface area contributed by atoms with Crippen molar-refractivity contribution in [2.45, 2.75) is 32.4 Å². The molecular weight excluding hydrogens is 240 g/mol. The van der Waals surface area contributed by atoms with E-state index in [1.54, 1.807) is 6.92 Å². The van der Waals surface area contributed by atoms with E-state index in [9.17, 15) is 9.59 Å². The average molecular weight is 256 g/mol. The van der Waals surface area contributed by atoms with Crippen LogP contribution in [-0.2, 0) is 4.79 Å². The van der Waals surface area contributed by atoms with Gasteiger partial charge in [-0.25, -0.2) is 9.59 Å². The first-order chi connectivity index (χ1) is 8.26. The van der Waals surface area contributed by atoms with Crippen LogP contribution < -0.4 is 5.32 Å². The third-order valence-corrected chi connectivity index (χ3v) is 2.76. The second-order valence-electron chi connectivity index (χ2n) is 4.36. The lowest BCUT2D eigenvalue weighted by molar-refractivity contribution is -0.146. The van der Waals surface area contributed by atoms with Crippen LogP contribution in [0.2, 0.25) is 0 Å². The number of H-pyrrole nitrogens is 1. The Morgan fingerprint density at radius 2 is 2.11 bits per heavy atom. The minimum Gasteiger partial charge on any atom is -0.480 e. The van der Waals surface area contributed by atoms with Gasteiger partial charge in [0, 0.05) is 7.05 Å². The Bertz CT molecular complexity index is 430. The first-order valence-electron chi connectivity index (χ1n) is 5.28. The number of hydrogen-bond donors (Lipinski definition) is 3. The van der Waals surface area contributed by atoms with Crippen LogP contribution in [0, 0.1) is 0 Å². The van der Waals surface area contributed by atoms with Crippen LogP contribution in [0.4, 0.5) is 4.79 Å². The molecule has 0 radical (unpaired) electrons. The lowest BCUT2D eigenvalue weighted by Crippen LogP contribution is -2.54. The lowest BCUT2D eigenvalue weighted by Gasteiger charge is -2.32. The van der Waals surface area contributed by atoms with Crippen LogP contribution in [-0.4, -0.2) is 55.2 Å². The number of carboxylic acids is 1. The van der Waals surface area contributed by atoms with Crippen molar-refractivity contribution >= 4 is 12.0 Å². The fourth-order valence-corrected chi connectivity index (χ4v) is 1.10. The van der Waals surface area contributed by atoms with E-state index in [-0.39, 0.29) is 0 Å². The van der Waals surface area contributed by atoms with Crippen molar-refractivity contribution in [2.75, 3.05) is 7.05 Å². The summed E-state index contributed by atoms with van der Waals surface area (Å²) >= 11 is 0. The summed E-state index contributed by atoms with van der Waals surface area (Å²) in [7, 11) is 1.41. The molecule has 1 aromatic rings. The minimum absolute atomic E-state index is 0.324. The molecule has 1 unspecified atom stereocenters. The highest BCUT2D eigenvalue weighted by Crippen LogP contribution is 2.14. The van der Waals surface area contributed by atoms with Gasteiger partial charge in [0.15, 0.2) is 5.82 Å². The fourth-order valence-electron chi connectivity index (χ4n) is 1.10.